The molecule has 0 aliphatic rings. The molecule has 0 fully saturated rings. The van der Waals surface area contributed by atoms with Crippen molar-refractivity contribution in [1.29, 1.82) is 0 Å². The molecule has 8 heteroatoms. The zero-order chi connectivity index (χ0) is 21.6. The molecule has 0 radical (unpaired) electrons. The van der Waals surface area contributed by atoms with Crippen LogP contribution >= 0.6 is 24.0 Å². The number of hydrogen-bond donors (Lipinski definition) is 3. The largest absolute Gasteiger partial charge is 0.361 e. The summed E-state index contributed by atoms with van der Waals surface area (Å²) in [7, 11) is -1.39. The van der Waals surface area contributed by atoms with Gasteiger partial charge in [-0.05, 0) is 48.1 Å². The summed E-state index contributed by atoms with van der Waals surface area (Å²) in [6.45, 7) is 3.67. The van der Waals surface area contributed by atoms with Gasteiger partial charge in [-0.3, -0.25) is 4.99 Å². The van der Waals surface area contributed by atoms with E-state index in [1.165, 1.54) is 28.3 Å². The zero-order valence-corrected chi connectivity index (χ0v) is 21.4. The van der Waals surface area contributed by atoms with Crippen molar-refractivity contribution in [3.63, 3.8) is 0 Å². The van der Waals surface area contributed by atoms with E-state index in [-0.39, 0.29) is 24.0 Å². The summed E-state index contributed by atoms with van der Waals surface area (Å²) in [6, 6.07) is 13.5. The summed E-state index contributed by atoms with van der Waals surface area (Å²) in [5.41, 5.74) is 4.96. The number of aryl methyl sites for hydroxylation is 1. The first-order valence-corrected chi connectivity index (χ1v) is 12.1. The van der Waals surface area contributed by atoms with E-state index in [0.717, 1.165) is 37.3 Å². The summed E-state index contributed by atoms with van der Waals surface area (Å²) in [6.07, 6.45) is 6.02. The van der Waals surface area contributed by atoms with E-state index in [2.05, 4.69) is 51.9 Å². The molecule has 0 bridgehead atoms. The van der Waals surface area contributed by atoms with Crippen LogP contribution in [0.25, 0.3) is 10.9 Å². The van der Waals surface area contributed by atoms with Crippen LogP contribution in [0.4, 0.5) is 0 Å². The first-order valence-electron chi connectivity index (χ1n) is 10.2. The van der Waals surface area contributed by atoms with Crippen molar-refractivity contribution in [3.05, 3.63) is 65.4 Å². The minimum atomic E-state index is -3.15. The number of aromatic nitrogens is 1. The number of halogens is 1. The maximum absolute atomic E-state index is 11.5. The Morgan fingerprint density at radius 2 is 1.68 bits per heavy atom. The van der Waals surface area contributed by atoms with Crippen LogP contribution < -0.4 is 10.6 Å². The van der Waals surface area contributed by atoms with Gasteiger partial charge in [0.15, 0.2) is 15.8 Å². The fourth-order valence-corrected chi connectivity index (χ4v) is 4.17. The average Bonchev–Trinajstić information content (AvgIpc) is 3.15. The Morgan fingerprint density at radius 3 is 2.29 bits per heavy atom. The van der Waals surface area contributed by atoms with Crippen LogP contribution in [0.3, 0.4) is 0 Å². The Bertz CT molecular complexity index is 1120. The fraction of sp³-hybridized carbons (Fsp3) is 0.348. The predicted octanol–water partition coefficient (Wildman–Crippen LogP) is 3.70. The molecule has 0 aliphatic carbocycles. The lowest BCUT2D eigenvalue weighted by Gasteiger charge is -2.12. The molecule has 6 nitrogen and oxygen atoms in total. The van der Waals surface area contributed by atoms with Gasteiger partial charge in [-0.2, -0.15) is 0 Å². The molecule has 168 valence electrons. The Morgan fingerprint density at radius 1 is 1.00 bits per heavy atom. The van der Waals surface area contributed by atoms with Gasteiger partial charge in [0.25, 0.3) is 0 Å². The van der Waals surface area contributed by atoms with Gasteiger partial charge in [0.1, 0.15) is 0 Å². The van der Waals surface area contributed by atoms with E-state index in [0.29, 0.717) is 11.4 Å². The van der Waals surface area contributed by atoms with Crippen LogP contribution in [0.5, 0.6) is 0 Å². The highest BCUT2D eigenvalue weighted by Gasteiger charge is 2.08. The van der Waals surface area contributed by atoms with Gasteiger partial charge < -0.3 is 15.6 Å². The van der Waals surface area contributed by atoms with Crippen molar-refractivity contribution >= 4 is 50.7 Å². The highest BCUT2D eigenvalue weighted by atomic mass is 127. The Kier molecular flexibility index (Phi) is 9.36. The molecule has 0 atom stereocenters. The van der Waals surface area contributed by atoms with Gasteiger partial charge in [-0.1, -0.05) is 37.3 Å². The molecule has 31 heavy (non-hydrogen) atoms. The second-order valence-electron chi connectivity index (χ2n) is 7.35. The van der Waals surface area contributed by atoms with E-state index >= 15 is 0 Å². The SMILES string of the molecule is CCc1cccc2c(CCNC(=NC)NCCc3ccc(S(C)(=O)=O)cc3)c[nH]c12.I. The number of rotatable bonds is 8. The van der Waals surface area contributed by atoms with Gasteiger partial charge in [0.2, 0.25) is 0 Å². The monoisotopic (exact) mass is 554 g/mol. The summed E-state index contributed by atoms with van der Waals surface area (Å²) in [5.74, 6) is 0.761. The lowest BCUT2D eigenvalue weighted by molar-refractivity contribution is 0.602. The number of H-pyrrole nitrogens is 1. The molecule has 3 aromatic rings. The molecule has 3 rings (SSSR count). The molecule has 3 N–H and O–H groups in total. The Labute approximate surface area is 201 Å². The number of nitrogens with zero attached hydrogens (tertiary/aromatic N) is 1. The maximum atomic E-state index is 11.5. The third-order valence-electron chi connectivity index (χ3n) is 5.24. The molecule has 0 amide bonds. The van der Waals surface area contributed by atoms with Crippen molar-refractivity contribution in [2.24, 2.45) is 4.99 Å². The predicted molar refractivity (Wildman–Crippen MR) is 139 cm³/mol. The zero-order valence-electron chi connectivity index (χ0n) is 18.2. The van der Waals surface area contributed by atoms with Crippen molar-refractivity contribution in [2.75, 3.05) is 26.4 Å². The van der Waals surface area contributed by atoms with E-state index in [4.69, 9.17) is 0 Å². The quantitative estimate of drug-likeness (QED) is 0.225. The molecule has 2 aromatic carbocycles. The fourth-order valence-electron chi connectivity index (χ4n) is 3.54. The Balaban J connectivity index is 0.00000341. The van der Waals surface area contributed by atoms with Crippen LogP contribution in [-0.2, 0) is 29.1 Å². The normalized spacial score (nSPS) is 11.9. The maximum Gasteiger partial charge on any atom is 0.190 e. The number of sulfone groups is 1. The summed E-state index contributed by atoms with van der Waals surface area (Å²) < 4.78 is 23.1. The van der Waals surface area contributed by atoms with E-state index in [9.17, 15) is 8.42 Å². The number of hydrogen-bond acceptors (Lipinski definition) is 3. The highest BCUT2D eigenvalue weighted by Crippen LogP contribution is 2.22. The number of aromatic amines is 1. The minimum absolute atomic E-state index is 0. The molecule has 0 aliphatic heterocycles. The average molecular weight is 554 g/mol. The van der Waals surface area contributed by atoms with Crippen molar-refractivity contribution in [1.82, 2.24) is 15.6 Å². The number of fused-ring (bicyclic) bond motifs is 1. The number of guanidine groups is 1. The number of para-hydroxylation sites is 1. The molecule has 0 saturated carbocycles. The third kappa shape index (κ3) is 6.70. The summed E-state index contributed by atoms with van der Waals surface area (Å²) in [4.78, 5) is 8.04. The summed E-state index contributed by atoms with van der Waals surface area (Å²) >= 11 is 0. The smallest absolute Gasteiger partial charge is 0.190 e. The lowest BCUT2D eigenvalue weighted by atomic mass is 10.1. The first-order chi connectivity index (χ1) is 14.4. The van der Waals surface area contributed by atoms with Crippen LogP contribution in [0.15, 0.2) is 58.5 Å². The van der Waals surface area contributed by atoms with Gasteiger partial charge in [0, 0.05) is 43.5 Å². The van der Waals surface area contributed by atoms with Crippen molar-refractivity contribution < 1.29 is 8.42 Å². The van der Waals surface area contributed by atoms with E-state index in [1.807, 2.05) is 12.1 Å². The first kappa shape index (κ1) is 25.2. The standard InChI is InChI=1S/C23H30N4O2S.HI/c1-4-18-6-5-7-21-19(16-27-22(18)21)13-15-26-23(24-2)25-14-12-17-8-10-20(11-9-17)30(3,28)29;/h5-11,16,27H,4,12-15H2,1-3H3,(H2,24,25,26);1H. The van der Waals surface area contributed by atoms with Gasteiger partial charge in [-0.15, -0.1) is 24.0 Å². The molecule has 0 spiro atoms. The second kappa shape index (κ2) is 11.5. The van der Waals surface area contributed by atoms with E-state index in [1.54, 1.807) is 19.2 Å². The van der Waals surface area contributed by atoms with Gasteiger partial charge >= 0.3 is 0 Å². The molecular weight excluding hydrogens is 523 g/mol. The molecule has 0 saturated heterocycles. The Hall–Kier alpha value is -2.07. The molecule has 0 unspecified atom stereocenters. The lowest BCUT2D eigenvalue weighted by Crippen LogP contribution is -2.39. The van der Waals surface area contributed by atoms with Crippen molar-refractivity contribution in [2.45, 2.75) is 31.1 Å². The number of nitrogens with one attached hydrogen (secondary N) is 3. The van der Waals surface area contributed by atoms with Crippen LogP contribution in [-0.4, -0.2) is 45.8 Å². The van der Waals surface area contributed by atoms with Crippen molar-refractivity contribution in [3.8, 4) is 0 Å². The van der Waals surface area contributed by atoms with Crippen LogP contribution in [0, 0.1) is 0 Å². The number of benzene rings is 2. The highest BCUT2D eigenvalue weighted by molar-refractivity contribution is 14.0. The molecule has 1 aromatic heterocycles. The topological polar surface area (TPSA) is 86.3 Å². The minimum Gasteiger partial charge on any atom is -0.361 e. The van der Waals surface area contributed by atoms with E-state index < -0.39 is 9.84 Å². The number of aliphatic imine (C=N–C) groups is 1. The second-order valence-corrected chi connectivity index (χ2v) is 9.36. The molecule has 1 heterocycles. The van der Waals surface area contributed by atoms with Crippen LogP contribution in [0.1, 0.15) is 23.6 Å². The third-order valence-corrected chi connectivity index (χ3v) is 6.36. The van der Waals surface area contributed by atoms with Gasteiger partial charge in [-0.25, -0.2) is 8.42 Å². The molecular formula is C23H31IN4O2S. The summed E-state index contributed by atoms with van der Waals surface area (Å²) in [5, 5.41) is 7.96. The van der Waals surface area contributed by atoms with Gasteiger partial charge in [0.05, 0.1) is 4.90 Å². The van der Waals surface area contributed by atoms with Crippen LogP contribution in [0.2, 0.25) is 0 Å².